The molecule has 158 valence electrons. The first kappa shape index (κ1) is 21.4. The van der Waals surface area contributed by atoms with Crippen LogP contribution in [0.25, 0.3) is 11.0 Å². The molecule has 3 aromatic rings. The van der Waals surface area contributed by atoms with Crippen molar-refractivity contribution in [2.24, 2.45) is 0 Å². The van der Waals surface area contributed by atoms with Gasteiger partial charge in [0.1, 0.15) is 17.1 Å². The molecule has 0 unspecified atom stereocenters. The summed E-state index contributed by atoms with van der Waals surface area (Å²) < 4.78 is 5.41. The van der Waals surface area contributed by atoms with Gasteiger partial charge in [-0.3, -0.25) is 4.79 Å². The number of fused-ring (bicyclic) bond motifs is 1. The Bertz CT molecular complexity index is 1130. The van der Waals surface area contributed by atoms with E-state index in [0.717, 1.165) is 10.9 Å². The highest BCUT2D eigenvalue weighted by Crippen LogP contribution is 2.28. The Morgan fingerprint density at radius 2 is 1.73 bits per heavy atom. The SMILES string of the molecule is Cc1c(CCC(=O)N(C)C[C@H](O)c2ccc(O)cc2)c(=O)oc2c(C)c(O)ccc12. The summed E-state index contributed by atoms with van der Waals surface area (Å²) in [5, 5.41) is 30.2. The number of rotatable bonds is 6. The number of aromatic hydroxyl groups is 2. The van der Waals surface area contributed by atoms with E-state index in [9.17, 15) is 24.9 Å². The van der Waals surface area contributed by atoms with E-state index in [2.05, 4.69) is 0 Å². The fraction of sp³-hybridized carbons (Fsp3) is 0.304. The second-order valence-electron chi connectivity index (χ2n) is 7.46. The molecule has 0 aliphatic carbocycles. The van der Waals surface area contributed by atoms with Crippen molar-refractivity contribution in [3.8, 4) is 11.5 Å². The molecular weight excluding hydrogens is 386 g/mol. The molecule has 0 fully saturated rings. The van der Waals surface area contributed by atoms with Crippen molar-refractivity contribution in [2.75, 3.05) is 13.6 Å². The Morgan fingerprint density at radius 1 is 1.07 bits per heavy atom. The summed E-state index contributed by atoms with van der Waals surface area (Å²) in [7, 11) is 1.59. The maximum absolute atomic E-state index is 12.5. The number of aryl methyl sites for hydroxylation is 2. The van der Waals surface area contributed by atoms with Crippen molar-refractivity contribution in [3.05, 3.63) is 69.1 Å². The predicted octanol–water partition coefficient (Wildman–Crippen LogP) is 2.95. The molecule has 0 aliphatic heterocycles. The molecule has 0 aliphatic rings. The molecule has 0 saturated carbocycles. The highest BCUT2D eigenvalue weighted by molar-refractivity contribution is 5.85. The average molecular weight is 411 g/mol. The lowest BCUT2D eigenvalue weighted by atomic mass is 10.00. The van der Waals surface area contributed by atoms with E-state index < -0.39 is 11.7 Å². The number of carbonyl (C=O) groups excluding carboxylic acids is 1. The fourth-order valence-electron chi connectivity index (χ4n) is 3.45. The molecule has 0 saturated heterocycles. The van der Waals surface area contributed by atoms with Crippen molar-refractivity contribution in [2.45, 2.75) is 32.8 Å². The summed E-state index contributed by atoms with van der Waals surface area (Å²) in [6, 6.07) is 9.40. The van der Waals surface area contributed by atoms with Crippen LogP contribution in [0.3, 0.4) is 0 Å². The largest absolute Gasteiger partial charge is 0.508 e. The Balaban J connectivity index is 1.71. The molecule has 3 rings (SSSR count). The van der Waals surface area contributed by atoms with Crippen LogP contribution in [-0.4, -0.2) is 39.7 Å². The van der Waals surface area contributed by atoms with E-state index in [-0.39, 0.29) is 36.8 Å². The summed E-state index contributed by atoms with van der Waals surface area (Å²) in [5.41, 5.74) is 2.07. The molecule has 0 bridgehead atoms. The quantitative estimate of drug-likeness (QED) is 0.538. The predicted molar refractivity (Wildman–Crippen MR) is 113 cm³/mol. The van der Waals surface area contributed by atoms with Gasteiger partial charge in [-0.05, 0) is 55.7 Å². The highest BCUT2D eigenvalue weighted by Gasteiger charge is 2.18. The van der Waals surface area contributed by atoms with Crippen molar-refractivity contribution in [1.82, 2.24) is 4.90 Å². The van der Waals surface area contributed by atoms with Crippen LogP contribution in [0.2, 0.25) is 0 Å². The zero-order chi connectivity index (χ0) is 22.0. The number of hydrogen-bond acceptors (Lipinski definition) is 6. The summed E-state index contributed by atoms with van der Waals surface area (Å²) in [5.74, 6) is -0.0548. The minimum atomic E-state index is -0.886. The zero-order valence-corrected chi connectivity index (χ0v) is 17.2. The molecule has 3 N–H and O–H groups in total. The minimum Gasteiger partial charge on any atom is -0.508 e. The molecule has 1 atom stereocenters. The number of aliphatic hydroxyl groups excluding tert-OH is 1. The van der Waals surface area contributed by atoms with Gasteiger partial charge in [0.25, 0.3) is 0 Å². The van der Waals surface area contributed by atoms with Crippen molar-refractivity contribution in [1.29, 1.82) is 0 Å². The number of nitrogens with zero attached hydrogens (tertiary/aromatic N) is 1. The Hall–Kier alpha value is -3.32. The summed E-state index contributed by atoms with van der Waals surface area (Å²) in [6.07, 6.45) is -0.585. The van der Waals surface area contributed by atoms with Gasteiger partial charge in [0.2, 0.25) is 5.91 Å². The van der Waals surface area contributed by atoms with Crippen molar-refractivity contribution in [3.63, 3.8) is 0 Å². The van der Waals surface area contributed by atoms with Crippen LogP contribution in [0.1, 0.15) is 34.8 Å². The minimum absolute atomic E-state index is 0.0572. The third-order valence-corrected chi connectivity index (χ3v) is 5.41. The zero-order valence-electron chi connectivity index (χ0n) is 17.2. The Labute approximate surface area is 173 Å². The molecular formula is C23H25NO6. The monoisotopic (exact) mass is 411 g/mol. The van der Waals surface area contributed by atoms with E-state index in [1.165, 1.54) is 17.0 Å². The summed E-state index contributed by atoms with van der Waals surface area (Å²) in [6.45, 7) is 3.57. The number of phenolic OH excluding ortho intramolecular Hbond substituents is 2. The lowest BCUT2D eigenvalue weighted by Crippen LogP contribution is -2.31. The molecule has 1 amide bonds. The second kappa shape index (κ2) is 8.59. The molecule has 7 heteroatoms. The number of hydrogen-bond donors (Lipinski definition) is 3. The maximum Gasteiger partial charge on any atom is 0.339 e. The van der Waals surface area contributed by atoms with Gasteiger partial charge in [0, 0.05) is 30.0 Å². The third-order valence-electron chi connectivity index (χ3n) is 5.41. The van der Waals surface area contributed by atoms with Crippen LogP contribution in [0, 0.1) is 13.8 Å². The Kier molecular flexibility index (Phi) is 6.12. The second-order valence-corrected chi connectivity index (χ2v) is 7.46. The molecule has 1 heterocycles. The van der Waals surface area contributed by atoms with Crippen LogP contribution in [0.5, 0.6) is 11.5 Å². The van der Waals surface area contributed by atoms with Crippen LogP contribution in [-0.2, 0) is 11.2 Å². The van der Waals surface area contributed by atoms with Crippen molar-refractivity contribution >= 4 is 16.9 Å². The molecule has 30 heavy (non-hydrogen) atoms. The van der Waals surface area contributed by atoms with Crippen LogP contribution < -0.4 is 5.63 Å². The van der Waals surface area contributed by atoms with Gasteiger partial charge < -0.3 is 24.6 Å². The van der Waals surface area contributed by atoms with Gasteiger partial charge in [0.15, 0.2) is 0 Å². The Morgan fingerprint density at radius 3 is 2.40 bits per heavy atom. The summed E-state index contributed by atoms with van der Waals surface area (Å²) in [4.78, 5) is 26.4. The number of phenols is 2. The first-order chi connectivity index (χ1) is 14.2. The first-order valence-corrected chi connectivity index (χ1v) is 9.65. The molecule has 0 spiro atoms. The maximum atomic E-state index is 12.5. The van der Waals surface area contributed by atoms with E-state index in [1.54, 1.807) is 45.2 Å². The third kappa shape index (κ3) is 4.31. The van der Waals surface area contributed by atoms with Crippen LogP contribution >= 0.6 is 0 Å². The van der Waals surface area contributed by atoms with Gasteiger partial charge in [0.05, 0.1) is 12.6 Å². The highest BCUT2D eigenvalue weighted by atomic mass is 16.4. The van der Waals surface area contributed by atoms with Crippen LogP contribution in [0.4, 0.5) is 0 Å². The normalized spacial score (nSPS) is 12.1. The molecule has 1 aromatic heterocycles. The fourth-order valence-corrected chi connectivity index (χ4v) is 3.45. The van der Waals surface area contributed by atoms with Crippen LogP contribution in [0.15, 0.2) is 45.6 Å². The number of amides is 1. The molecule has 0 radical (unpaired) electrons. The lowest BCUT2D eigenvalue weighted by Gasteiger charge is -2.21. The summed E-state index contributed by atoms with van der Waals surface area (Å²) >= 11 is 0. The van der Waals surface area contributed by atoms with Gasteiger partial charge in [-0.25, -0.2) is 4.79 Å². The topological polar surface area (TPSA) is 111 Å². The van der Waals surface area contributed by atoms with Gasteiger partial charge in [-0.1, -0.05) is 12.1 Å². The first-order valence-electron chi connectivity index (χ1n) is 9.65. The number of benzene rings is 2. The van der Waals surface area contributed by atoms with E-state index >= 15 is 0 Å². The van der Waals surface area contributed by atoms with E-state index in [1.807, 2.05) is 0 Å². The van der Waals surface area contributed by atoms with Gasteiger partial charge >= 0.3 is 5.63 Å². The number of carbonyl (C=O) groups is 1. The van der Waals surface area contributed by atoms with E-state index in [4.69, 9.17) is 4.42 Å². The molecule has 2 aromatic carbocycles. The van der Waals surface area contributed by atoms with E-state index in [0.29, 0.717) is 22.3 Å². The lowest BCUT2D eigenvalue weighted by molar-refractivity contribution is -0.131. The number of aliphatic hydroxyl groups is 1. The van der Waals surface area contributed by atoms with Gasteiger partial charge in [-0.2, -0.15) is 0 Å². The van der Waals surface area contributed by atoms with Crippen molar-refractivity contribution < 1.29 is 24.5 Å². The smallest absolute Gasteiger partial charge is 0.339 e. The molecule has 7 nitrogen and oxygen atoms in total. The van der Waals surface area contributed by atoms with Gasteiger partial charge in [-0.15, -0.1) is 0 Å². The standard InChI is InChI=1S/C23H25NO6/c1-13-17-8-10-19(26)14(2)22(17)30-23(29)18(13)9-11-21(28)24(3)12-20(27)15-4-6-16(25)7-5-15/h4-8,10,20,25-27H,9,11-12H2,1-3H3/t20-/m0/s1. The number of likely N-dealkylation sites (N-methyl/N-ethyl adjacent to an activating group) is 1. The average Bonchev–Trinajstić information content (AvgIpc) is 2.71.